The number of hydrazone groups is 1. The van der Waals surface area contributed by atoms with Gasteiger partial charge in [-0.05, 0) is 6.07 Å². The summed E-state index contributed by atoms with van der Waals surface area (Å²) in [6, 6.07) is 13.8. The SMILES string of the molecule is O=C(N/N=C\c1ccccc1C(F)(F)F)C(=O)Nc1nnc(-c2ccccc2)s1. The van der Waals surface area contributed by atoms with Crippen molar-refractivity contribution in [3.05, 3.63) is 65.7 Å². The lowest BCUT2D eigenvalue weighted by atomic mass is 10.1. The molecule has 0 fully saturated rings. The highest BCUT2D eigenvalue weighted by Crippen LogP contribution is 2.31. The maximum atomic E-state index is 12.9. The van der Waals surface area contributed by atoms with Crippen molar-refractivity contribution in [3.8, 4) is 10.6 Å². The van der Waals surface area contributed by atoms with Crippen LogP contribution in [0.25, 0.3) is 10.6 Å². The van der Waals surface area contributed by atoms with Gasteiger partial charge in [0.05, 0.1) is 11.8 Å². The summed E-state index contributed by atoms with van der Waals surface area (Å²) in [5.74, 6) is -2.25. The standard InChI is InChI=1S/C18H12F3N5O2S/c19-18(20,21)13-9-5-4-8-12(13)10-22-24-15(28)14(27)23-17-26-25-16(29-17)11-6-2-1-3-7-11/h1-10H,(H,24,28)(H,23,26,27)/b22-10-. The van der Waals surface area contributed by atoms with Crippen molar-refractivity contribution in [2.75, 3.05) is 5.32 Å². The molecular weight excluding hydrogens is 407 g/mol. The van der Waals surface area contributed by atoms with Crippen LogP contribution < -0.4 is 10.7 Å². The van der Waals surface area contributed by atoms with Gasteiger partial charge in [0.15, 0.2) is 0 Å². The summed E-state index contributed by atoms with van der Waals surface area (Å²) in [5, 5.41) is 14.0. The molecule has 1 heterocycles. The van der Waals surface area contributed by atoms with E-state index in [9.17, 15) is 22.8 Å². The van der Waals surface area contributed by atoms with Crippen LogP contribution in [0.3, 0.4) is 0 Å². The Bertz CT molecular complexity index is 1050. The fraction of sp³-hybridized carbons (Fsp3) is 0.0556. The Morgan fingerprint density at radius 3 is 2.38 bits per heavy atom. The topological polar surface area (TPSA) is 96.3 Å². The average molecular weight is 419 g/mol. The average Bonchev–Trinajstić information content (AvgIpc) is 3.16. The number of aromatic nitrogens is 2. The lowest BCUT2D eigenvalue weighted by molar-refractivity contribution is -0.137. The number of anilines is 1. The molecule has 0 saturated carbocycles. The number of nitrogens with zero attached hydrogens (tertiary/aromatic N) is 3. The Kier molecular flexibility index (Phi) is 5.98. The molecule has 2 amide bonds. The van der Waals surface area contributed by atoms with Crippen molar-refractivity contribution in [2.24, 2.45) is 5.10 Å². The third kappa shape index (κ3) is 5.23. The van der Waals surface area contributed by atoms with Gasteiger partial charge in [0, 0.05) is 11.1 Å². The summed E-state index contributed by atoms with van der Waals surface area (Å²) in [5.41, 5.74) is 1.51. The van der Waals surface area contributed by atoms with E-state index in [1.54, 1.807) is 0 Å². The lowest BCUT2D eigenvalue weighted by Gasteiger charge is -2.09. The van der Waals surface area contributed by atoms with E-state index < -0.39 is 23.6 Å². The van der Waals surface area contributed by atoms with Gasteiger partial charge in [0.25, 0.3) is 0 Å². The number of hydrogen-bond donors (Lipinski definition) is 2. The Morgan fingerprint density at radius 1 is 0.966 bits per heavy atom. The molecule has 0 bridgehead atoms. The van der Waals surface area contributed by atoms with Crippen LogP contribution in [-0.2, 0) is 15.8 Å². The summed E-state index contributed by atoms with van der Waals surface area (Å²) in [6.07, 6.45) is -3.76. The number of alkyl halides is 3. The summed E-state index contributed by atoms with van der Waals surface area (Å²) < 4.78 is 38.7. The fourth-order valence-electron chi connectivity index (χ4n) is 2.20. The van der Waals surface area contributed by atoms with E-state index in [1.807, 2.05) is 35.8 Å². The maximum Gasteiger partial charge on any atom is 0.417 e. The molecule has 2 N–H and O–H groups in total. The molecule has 0 aliphatic carbocycles. The summed E-state index contributed by atoms with van der Waals surface area (Å²) in [4.78, 5) is 23.7. The molecule has 3 rings (SSSR count). The van der Waals surface area contributed by atoms with Crippen LogP contribution in [0.1, 0.15) is 11.1 Å². The van der Waals surface area contributed by atoms with Gasteiger partial charge in [-0.25, -0.2) is 5.43 Å². The van der Waals surface area contributed by atoms with Crippen LogP contribution in [0.15, 0.2) is 59.7 Å². The van der Waals surface area contributed by atoms with Crippen LogP contribution in [-0.4, -0.2) is 28.2 Å². The number of carbonyl (C=O) groups is 2. The first-order valence-corrected chi connectivity index (χ1v) is 8.86. The minimum atomic E-state index is -4.57. The van der Waals surface area contributed by atoms with Gasteiger partial charge in [-0.3, -0.25) is 14.9 Å². The summed E-state index contributed by atoms with van der Waals surface area (Å²) in [6.45, 7) is 0. The molecule has 148 valence electrons. The van der Waals surface area contributed by atoms with E-state index in [-0.39, 0.29) is 10.7 Å². The van der Waals surface area contributed by atoms with Gasteiger partial charge in [0.2, 0.25) is 5.13 Å². The van der Waals surface area contributed by atoms with Crippen molar-refractivity contribution < 1.29 is 22.8 Å². The van der Waals surface area contributed by atoms with Crippen molar-refractivity contribution in [3.63, 3.8) is 0 Å². The number of nitrogens with one attached hydrogen (secondary N) is 2. The van der Waals surface area contributed by atoms with Gasteiger partial charge in [-0.2, -0.15) is 18.3 Å². The molecule has 29 heavy (non-hydrogen) atoms. The van der Waals surface area contributed by atoms with Crippen LogP contribution in [0.2, 0.25) is 0 Å². The molecule has 3 aromatic rings. The Hall–Kier alpha value is -3.60. The van der Waals surface area contributed by atoms with E-state index in [0.29, 0.717) is 5.01 Å². The Labute approximate surface area is 166 Å². The van der Waals surface area contributed by atoms with E-state index in [2.05, 4.69) is 20.6 Å². The molecule has 2 aromatic carbocycles. The molecule has 0 aliphatic heterocycles. The first-order chi connectivity index (χ1) is 13.8. The highest BCUT2D eigenvalue weighted by Gasteiger charge is 2.32. The molecule has 0 saturated heterocycles. The van der Waals surface area contributed by atoms with Gasteiger partial charge in [0.1, 0.15) is 5.01 Å². The number of rotatable bonds is 4. The number of hydrogen-bond acceptors (Lipinski definition) is 6. The van der Waals surface area contributed by atoms with Gasteiger partial charge in [-0.1, -0.05) is 59.9 Å². The Balaban J connectivity index is 1.60. The normalized spacial score (nSPS) is 11.4. The van der Waals surface area contributed by atoms with Crippen LogP contribution in [0.4, 0.5) is 18.3 Å². The fourth-order valence-corrected chi connectivity index (χ4v) is 2.95. The zero-order chi connectivity index (χ0) is 20.9. The van der Waals surface area contributed by atoms with E-state index in [0.717, 1.165) is 29.2 Å². The highest BCUT2D eigenvalue weighted by atomic mass is 32.1. The van der Waals surface area contributed by atoms with E-state index in [4.69, 9.17) is 0 Å². The van der Waals surface area contributed by atoms with Gasteiger partial charge < -0.3 is 0 Å². The quantitative estimate of drug-likeness (QED) is 0.385. The molecule has 0 aliphatic rings. The van der Waals surface area contributed by atoms with E-state index >= 15 is 0 Å². The van der Waals surface area contributed by atoms with Crippen LogP contribution >= 0.6 is 11.3 Å². The summed E-state index contributed by atoms with van der Waals surface area (Å²) in [7, 11) is 0. The number of halogens is 3. The summed E-state index contributed by atoms with van der Waals surface area (Å²) >= 11 is 1.06. The number of benzene rings is 2. The van der Waals surface area contributed by atoms with Crippen molar-refractivity contribution in [1.29, 1.82) is 0 Å². The molecule has 0 atom stereocenters. The third-order valence-corrected chi connectivity index (χ3v) is 4.40. The maximum absolute atomic E-state index is 12.9. The number of amides is 2. The minimum Gasteiger partial charge on any atom is -0.292 e. The lowest BCUT2D eigenvalue weighted by Crippen LogP contribution is -2.32. The smallest absolute Gasteiger partial charge is 0.292 e. The number of carbonyl (C=O) groups excluding carboxylic acids is 2. The monoisotopic (exact) mass is 419 g/mol. The second kappa shape index (κ2) is 8.61. The van der Waals surface area contributed by atoms with Gasteiger partial charge in [-0.15, -0.1) is 10.2 Å². The highest BCUT2D eigenvalue weighted by molar-refractivity contribution is 7.18. The minimum absolute atomic E-state index is 0.0930. The molecule has 0 unspecified atom stereocenters. The molecule has 7 nitrogen and oxygen atoms in total. The predicted molar refractivity (Wildman–Crippen MR) is 101 cm³/mol. The van der Waals surface area contributed by atoms with Crippen LogP contribution in [0, 0.1) is 0 Å². The second-order valence-corrected chi connectivity index (χ2v) is 6.49. The molecule has 0 radical (unpaired) electrons. The largest absolute Gasteiger partial charge is 0.417 e. The predicted octanol–water partition coefficient (Wildman–Crippen LogP) is 3.31. The second-order valence-electron chi connectivity index (χ2n) is 5.52. The first-order valence-electron chi connectivity index (χ1n) is 8.04. The zero-order valence-electron chi connectivity index (χ0n) is 14.5. The first kappa shape index (κ1) is 20.1. The van der Waals surface area contributed by atoms with Crippen molar-refractivity contribution >= 4 is 34.5 Å². The third-order valence-electron chi connectivity index (χ3n) is 3.51. The zero-order valence-corrected chi connectivity index (χ0v) is 15.3. The molecular formula is C18H12F3N5O2S. The Morgan fingerprint density at radius 2 is 1.66 bits per heavy atom. The van der Waals surface area contributed by atoms with E-state index in [1.165, 1.54) is 18.2 Å². The van der Waals surface area contributed by atoms with Gasteiger partial charge >= 0.3 is 18.0 Å². The van der Waals surface area contributed by atoms with Crippen molar-refractivity contribution in [2.45, 2.75) is 6.18 Å². The molecule has 0 spiro atoms. The van der Waals surface area contributed by atoms with Crippen molar-refractivity contribution in [1.82, 2.24) is 15.6 Å². The van der Waals surface area contributed by atoms with Crippen LogP contribution in [0.5, 0.6) is 0 Å². The molecule has 1 aromatic heterocycles. The molecule has 11 heteroatoms.